The maximum atomic E-state index is 12.3. The van der Waals surface area contributed by atoms with Crippen molar-refractivity contribution in [3.63, 3.8) is 0 Å². The molecule has 6 heteroatoms. The fraction of sp³-hybridized carbons (Fsp3) is 0.222. The Kier molecular flexibility index (Phi) is 3.66. The molecule has 0 spiro atoms. The standard InChI is InChI=1S/C18H17N3O3/c22-14-4-3-12-7-11(1-2-13(12)9-14)8-17(23)19-18-15-10-24-6-5-16(15)20-21-18/h1-4,7,9,22H,5-6,8,10H2,(H2,19,20,21,23). The van der Waals surface area contributed by atoms with Gasteiger partial charge in [-0.15, -0.1) is 0 Å². The molecule has 6 nitrogen and oxygen atoms in total. The molecule has 2 heterocycles. The Morgan fingerprint density at radius 3 is 3.00 bits per heavy atom. The van der Waals surface area contributed by atoms with Crippen LogP contribution in [-0.2, 0) is 29.0 Å². The third-order valence-corrected chi connectivity index (χ3v) is 4.21. The summed E-state index contributed by atoms with van der Waals surface area (Å²) in [4.78, 5) is 12.3. The third kappa shape index (κ3) is 2.83. The largest absolute Gasteiger partial charge is 0.508 e. The molecule has 0 saturated heterocycles. The number of aromatic nitrogens is 2. The predicted octanol–water partition coefficient (Wildman–Crippen LogP) is 2.52. The molecule has 3 N–H and O–H groups in total. The molecule has 0 bridgehead atoms. The van der Waals surface area contributed by atoms with Gasteiger partial charge in [0.1, 0.15) is 5.75 Å². The number of hydrogen-bond acceptors (Lipinski definition) is 4. The predicted molar refractivity (Wildman–Crippen MR) is 89.9 cm³/mol. The van der Waals surface area contributed by atoms with Gasteiger partial charge in [-0.05, 0) is 28.5 Å². The number of H-pyrrole nitrogens is 1. The fourth-order valence-electron chi connectivity index (χ4n) is 2.97. The third-order valence-electron chi connectivity index (χ3n) is 4.21. The van der Waals surface area contributed by atoms with Gasteiger partial charge in [-0.25, -0.2) is 0 Å². The van der Waals surface area contributed by atoms with Crippen molar-refractivity contribution in [3.05, 3.63) is 53.2 Å². The van der Waals surface area contributed by atoms with E-state index in [2.05, 4.69) is 15.5 Å². The van der Waals surface area contributed by atoms with Crippen molar-refractivity contribution in [2.24, 2.45) is 0 Å². The molecule has 1 aliphatic heterocycles. The Labute approximate surface area is 138 Å². The lowest BCUT2D eigenvalue weighted by atomic mass is 10.0. The smallest absolute Gasteiger partial charge is 0.230 e. The molecule has 0 unspecified atom stereocenters. The van der Waals surface area contributed by atoms with Crippen molar-refractivity contribution in [2.45, 2.75) is 19.4 Å². The van der Waals surface area contributed by atoms with Gasteiger partial charge in [-0.2, -0.15) is 5.10 Å². The molecule has 1 aliphatic rings. The van der Waals surface area contributed by atoms with Crippen LogP contribution >= 0.6 is 0 Å². The van der Waals surface area contributed by atoms with Crippen LogP contribution in [0.1, 0.15) is 16.8 Å². The van der Waals surface area contributed by atoms with Crippen LogP contribution in [0.3, 0.4) is 0 Å². The number of amides is 1. The van der Waals surface area contributed by atoms with E-state index in [-0.39, 0.29) is 18.1 Å². The van der Waals surface area contributed by atoms with Crippen molar-refractivity contribution >= 4 is 22.5 Å². The van der Waals surface area contributed by atoms with Crippen LogP contribution in [0.15, 0.2) is 36.4 Å². The topological polar surface area (TPSA) is 87.2 Å². The van der Waals surface area contributed by atoms with Crippen molar-refractivity contribution < 1.29 is 14.6 Å². The van der Waals surface area contributed by atoms with Crippen molar-refractivity contribution in [3.8, 4) is 5.75 Å². The molecule has 0 saturated carbocycles. The number of carbonyl (C=O) groups excluding carboxylic acids is 1. The maximum absolute atomic E-state index is 12.3. The summed E-state index contributed by atoms with van der Waals surface area (Å²) in [7, 11) is 0. The molecule has 4 rings (SSSR count). The van der Waals surface area contributed by atoms with Crippen LogP contribution in [0.25, 0.3) is 10.8 Å². The summed E-state index contributed by atoms with van der Waals surface area (Å²) in [5.41, 5.74) is 2.87. The minimum Gasteiger partial charge on any atom is -0.508 e. The number of aromatic amines is 1. The van der Waals surface area contributed by atoms with E-state index in [9.17, 15) is 9.90 Å². The summed E-state index contributed by atoms with van der Waals surface area (Å²) in [6, 6.07) is 10.9. The Morgan fingerprint density at radius 1 is 1.25 bits per heavy atom. The summed E-state index contributed by atoms with van der Waals surface area (Å²) in [6.07, 6.45) is 1.05. The molecule has 0 aliphatic carbocycles. The molecular weight excluding hydrogens is 306 g/mol. The van der Waals surface area contributed by atoms with Gasteiger partial charge < -0.3 is 15.2 Å². The number of carbonyl (C=O) groups is 1. The van der Waals surface area contributed by atoms with Gasteiger partial charge in [0.25, 0.3) is 0 Å². The van der Waals surface area contributed by atoms with Crippen LogP contribution < -0.4 is 5.32 Å². The van der Waals surface area contributed by atoms with Gasteiger partial charge in [0.2, 0.25) is 5.91 Å². The first-order valence-electron chi connectivity index (χ1n) is 7.84. The van der Waals surface area contributed by atoms with E-state index in [1.807, 2.05) is 24.3 Å². The van der Waals surface area contributed by atoms with E-state index < -0.39 is 0 Å². The number of ether oxygens (including phenoxy) is 1. The highest BCUT2D eigenvalue weighted by Crippen LogP contribution is 2.23. The number of anilines is 1. The average molecular weight is 323 g/mol. The number of phenolic OH excluding ortho intramolecular Hbond substituents is 1. The number of aromatic hydroxyl groups is 1. The van der Waals surface area contributed by atoms with Gasteiger partial charge in [-0.1, -0.05) is 24.3 Å². The molecule has 2 aromatic carbocycles. The molecule has 0 fully saturated rings. The van der Waals surface area contributed by atoms with E-state index in [4.69, 9.17) is 4.74 Å². The molecular formula is C18H17N3O3. The number of rotatable bonds is 3. The second kappa shape index (κ2) is 5.98. The summed E-state index contributed by atoms with van der Waals surface area (Å²) < 4.78 is 5.42. The minimum atomic E-state index is -0.118. The second-order valence-electron chi connectivity index (χ2n) is 5.92. The van der Waals surface area contributed by atoms with Gasteiger partial charge >= 0.3 is 0 Å². The van der Waals surface area contributed by atoms with Gasteiger partial charge in [-0.3, -0.25) is 9.89 Å². The molecule has 1 amide bonds. The maximum Gasteiger partial charge on any atom is 0.230 e. The van der Waals surface area contributed by atoms with Crippen LogP contribution in [-0.4, -0.2) is 27.8 Å². The Balaban J connectivity index is 1.50. The first kappa shape index (κ1) is 14.7. The average Bonchev–Trinajstić information content (AvgIpc) is 2.98. The molecule has 24 heavy (non-hydrogen) atoms. The Hall–Kier alpha value is -2.86. The summed E-state index contributed by atoms with van der Waals surface area (Å²) in [5, 5.41) is 21.4. The van der Waals surface area contributed by atoms with Crippen LogP contribution in [0.4, 0.5) is 5.82 Å². The normalized spacial score (nSPS) is 13.7. The van der Waals surface area contributed by atoms with E-state index in [0.717, 1.165) is 34.0 Å². The van der Waals surface area contributed by atoms with Crippen LogP contribution in [0.5, 0.6) is 5.75 Å². The SMILES string of the molecule is O=C(Cc1ccc2cc(O)ccc2c1)Nc1n[nH]c2c1COCC2. The highest BCUT2D eigenvalue weighted by molar-refractivity contribution is 5.93. The van der Waals surface area contributed by atoms with Crippen molar-refractivity contribution in [1.82, 2.24) is 10.2 Å². The number of nitrogens with one attached hydrogen (secondary N) is 2. The van der Waals surface area contributed by atoms with E-state index in [0.29, 0.717) is 19.0 Å². The lowest BCUT2D eigenvalue weighted by molar-refractivity contribution is -0.115. The molecule has 122 valence electrons. The first-order valence-corrected chi connectivity index (χ1v) is 7.84. The lowest BCUT2D eigenvalue weighted by Crippen LogP contribution is -2.17. The lowest BCUT2D eigenvalue weighted by Gasteiger charge is -2.12. The minimum absolute atomic E-state index is 0.118. The number of benzene rings is 2. The number of fused-ring (bicyclic) bond motifs is 2. The van der Waals surface area contributed by atoms with Gasteiger partial charge in [0, 0.05) is 17.7 Å². The summed E-state index contributed by atoms with van der Waals surface area (Å²) >= 11 is 0. The quantitative estimate of drug-likeness (QED) is 0.691. The zero-order chi connectivity index (χ0) is 16.5. The molecule has 1 aromatic heterocycles. The van der Waals surface area contributed by atoms with E-state index in [1.165, 1.54) is 0 Å². The van der Waals surface area contributed by atoms with Gasteiger partial charge in [0.15, 0.2) is 5.82 Å². The zero-order valence-corrected chi connectivity index (χ0v) is 13.0. The molecule has 0 atom stereocenters. The molecule has 3 aromatic rings. The van der Waals surface area contributed by atoms with Crippen LogP contribution in [0, 0.1) is 0 Å². The second-order valence-corrected chi connectivity index (χ2v) is 5.92. The monoisotopic (exact) mass is 323 g/mol. The Bertz CT molecular complexity index is 917. The summed E-state index contributed by atoms with van der Waals surface area (Å²) in [6.45, 7) is 1.15. The number of hydrogen-bond donors (Lipinski definition) is 3. The van der Waals surface area contributed by atoms with E-state index >= 15 is 0 Å². The summed E-state index contributed by atoms with van der Waals surface area (Å²) in [5.74, 6) is 0.673. The zero-order valence-electron chi connectivity index (χ0n) is 13.0. The van der Waals surface area contributed by atoms with Crippen molar-refractivity contribution in [2.75, 3.05) is 11.9 Å². The molecule has 0 radical (unpaired) electrons. The highest BCUT2D eigenvalue weighted by atomic mass is 16.5. The fourth-order valence-corrected chi connectivity index (χ4v) is 2.97. The van der Waals surface area contributed by atoms with Gasteiger partial charge in [0.05, 0.1) is 19.6 Å². The Morgan fingerprint density at radius 2 is 2.08 bits per heavy atom. The van der Waals surface area contributed by atoms with Crippen molar-refractivity contribution in [1.29, 1.82) is 0 Å². The van der Waals surface area contributed by atoms with E-state index in [1.54, 1.807) is 12.1 Å². The highest BCUT2D eigenvalue weighted by Gasteiger charge is 2.18. The first-order chi connectivity index (χ1) is 11.7. The van der Waals surface area contributed by atoms with Crippen LogP contribution in [0.2, 0.25) is 0 Å². The number of phenols is 1. The number of nitrogens with zero attached hydrogens (tertiary/aromatic N) is 1.